The van der Waals surface area contributed by atoms with Crippen molar-refractivity contribution in [2.45, 2.75) is 12.6 Å². The van der Waals surface area contributed by atoms with Crippen LogP contribution in [0.15, 0.2) is 22.8 Å². The number of hydrogen-bond acceptors (Lipinski definition) is 4. The Morgan fingerprint density at radius 1 is 1.33 bits per heavy atom. The van der Waals surface area contributed by atoms with Crippen molar-refractivity contribution in [2.75, 3.05) is 19.6 Å². The molecule has 1 aliphatic heterocycles. The predicted molar refractivity (Wildman–Crippen MR) is 72.9 cm³/mol. The largest absolute Gasteiger partial charge is 0.481 e. The van der Waals surface area contributed by atoms with Gasteiger partial charge in [-0.15, -0.1) is 0 Å². The smallest absolute Gasteiger partial charge is 0.394 e. The van der Waals surface area contributed by atoms with Gasteiger partial charge in [-0.05, 0) is 12.1 Å². The molecule has 24 heavy (non-hydrogen) atoms. The number of carbonyl (C=O) groups is 3. The number of aliphatic carboxylic acids is 1. The van der Waals surface area contributed by atoms with Crippen LogP contribution in [-0.2, 0) is 9.59 Å². The van der Waals surface area contributed by atoms with Crippen LogP contribution in [0.4, 0.5) is 13.2 Å². The Hall–Kier alpha value is -2.52. The van der Waals surface area contributed by atoms with Crippen LogP contribution in [0.5, 0.6) is 0 Å². The van der Waals surface area contributed by atoms with E-state index in [4.69, 9.17) is 9.52 Å². The number of carbonyl (C=O) groups excluding carboxylic acids is 2. The third kappa shape index (κ3) is 4.06. The van der Waals surface area contributed by atoms with Gasteiger partial charge < -0.3 is 19.7 Å². The standard InChI is InChI=1S/C14H15F3N2O5/c15-14(16,17)9-7-19(6-8(9)13(22)23)11(20)3-4-18-12(21)10-2-1-5-24-10/h1-2,5,8-9H,3-4,6-7H2,(H,18,21)(H,22,23)/t8-,9-/m1/s1. The summed E-state index contributed by atoms with van der Waals surface area (Å²) >= 11 is 0. The average molecular weight is 348 g/mol. The first kappa shape index (κ1) is 17.8. The number of amides is 2. The summed E-state index contributed by atoms with van der Waals surface area (Å²) in [4.78, 5) is 35.3. The highest BCUT2D eigenvalue weighted by Gasteiger charge is 2.53. The first-order valence-corrected chi connectivity index (χ1v) is 7.09. The van der Waals surface area contributed by atoms with Crippen LogP contribution in [0, 0.1) is 11.8 Å². The van der Waals surface area contributed by atoms with Crippen molar-refractivity contribution in [1.82, 2.24) is 10.2 Å². The van der Waals surface area contributed by atoms with E-state index in [1.807, 2.05) is 0 Å². The summed E-state index contributed by atoms with van der Waals surface area (Å²) in [6, 6.07) is 2.93. The zero-order valence-corrected chi connectivity index (χ0v) is 12.4. The van der Waals surface area contributed by atoms with E-state index in [0.717, 1.165) is 4.90 Å². The first-order chi connectivity index (χ1) is 11.2. The van der Waals surface area contributed by atoms with Crippen LogP contribution in [0.2, 0.25) is 0 Å². The van der Waals surface area contributed by atoms with Crippen molar-refractivity contribution in [3.05, 3.63) is 24.2 Å². The number of furan rings is 1. The van der Waals surface area contributed by atoms with Gasteiger partial charge in [0.05, 0.1) is 18.1 Å². The molecule has 10 heteroatoms. The molecule has 0 saturated carbocycles. The molecule has 0 aliphatic carbocycles. The molecule has 0 radical (unpaired) electrons. The lowest BCUT2D eigenvalue weighted by molar-refractivity contribution is -0.188. The highest BCUT2D eigenvalue weighted by molar-refractivity contribution is 5.91. The molecule has 1 fully saturated rings. The van der Waals surface area contributed by atoms with Gasteiger partial charge in [-0.25, -0.2) is 0 Å². The minimum atomic E-state index is -4.69. The molecule has 0 spiro atoms. The molecule has 7 nitrogen and oxygen atoms in total. The molecule has 1 aromatic heterocycles. The van der Waals surface area contributed by atoms with Gasteiger partial charge in [-0.2, -0.15) is 13.2 Å². The average Bonchev–Trinajstić information content (AvgIpc) is 3.15. The van der Waals surface area contributed by atoms with E-state index >= 15 is 0 Å². The number of nitrogens with one attached hydrogen (secondary N) is 1. The molecule has 2 N–H and O–H groups in total. The van der Waals surface area contributed by atoms with Crippen LogP contribution in [0.25, 0.3) is 0 Å². The second-order valence-electron chi connectivity index (χ2n) is 5.37. The molecule has 1 aromatic rings. The SMILES string of the molecule is O=C(NCCC(=O)N1C[C@@H](C(F)(F)F)[C@H](C(=O)O)C1)c1ccco1. The van der Waals surface area contributed by atoms with Crippen molar-refractivity contribution >= 4 is 17.8 Å². The number of halogens is 3. The molecular formula is C14H15F3N2O5. The van der Waals surface area contributed by atoms with Crippen LogP contribution in [0.3, 0.4) is 0 Å². The van der Waals surface area contributed by atoms with E-state index in [2.05, 4.69) is 5.32 Å². The fraction of sp³-hybridized carbons (Fsp3) is 0.500. The van der Waals surface area contributed by atoms with E-state index < -0.39 is 48.9 Å². The Balaban J connectivity index is 1.86. The van der Waals surface area contributed by atoms with Gasteiger partial charge >= 0.3 is 12.1 Å². The summed E-state index contributed by atoms with van der Waals surface area (Å²) in [7, 11) is 0. The number of likely N-dealkylation sites (tertiary alicyclic amines) is 1. The monoisotopic (exact) mass is 348 g/mol. The van der Waals surface area contributed by atoms with Gasteiger partial charge in [0.1, 0.15) is 0 Å². The fourth-order valence-electron chi connectivity index (χ4n) is 2.53. The number of alkyl halides is 3. The van der Waals surface area contributed by atoms with Crippen molar-refractivity contribution in [2.24, 2.45) is 11.8 Å². The molecule has 0 unspecified atom stereocenters. The molecule has 2 heterocycles. The predicted octanol–water partition coefficient (Wildman–Crippen LogP) is 1.12. The van der Waals surface area contributed by atoms with Crippen LogP contribution < -0.4 is 5.32 Å². The number of hydrogen-bond donors (Lipinski definition) is 2. The molecular weight excluding hydrogens is 333 g/mol. The number of rotatable bonds is 5. The summed E-state index contributed by atoms with van der Waals surface area (Å²) in [5, 5.41) is 11.3. The lowest BCUT2D eigenvalue weighted by atomic mass is 9.96. The van der Waals surface area contributed by atoms with Gasteiger partial charge in [0.2, 0.25) is 5.91 Å². The molecule has 0 aromatic carbocycles. The van der Waals surface area contributed by atoms with Crippen LogP contribution in [-0.4, -0.2) is 53.6 Å². The van der Waals surface area contributed by atoms with Gasteiger partial charge in [-0.1, -0.05) is 0 Å². The summed E-state index contributed by atoms with van der Waals surface area (Å²) in [5.74, 6) is -6.49. The van der Waals surface area contributed by atoms with Crippen LogP contribution >= 0.6 is 0 Å². The van der Waals surface area contributed by atoms with Crippen molar-refractivity contribution in [3.8, 4) is 0 Å². The van der Waals surface area contributed by atoms with Gasteiger partial charge in [0.25, 0.3) is 5.91 Å². The number of nitrogens with zero attached hydrogens (tertiary/aromatic N) is 1. The maximum absolute atomic E-state index is 12.9. The molecule has 2 amide bonds. The zero-order valence-electron chi connectivity index (χ0n) is 12.4. The normalized spacial score (nSPS) is 20.9. The number of carboxylic acids is 1. The summed E-state index contributed by atoms with van der Waals surface area (Å²) in [5.41, 5.74) is 0. The first-order valence-electron chi connectivity index (χ1n) is 7.09. The second-order valence-corrected chi connectivity index (χ2v) is 5.37. The minimum absolute atomic E-state index is 0.0479. The topological polar surface area (TPSA) is 99.9 Å². The van der Waals surface area contributed by atoms with E-state index in [0.29, 0.717) is 0 Å². The number of carboxylic acid groups (broad SMARTS) is 1. The van der Waals surface area contributed by atoms with Gasteiger partial charge in [0, 0.05) is 26.1 Å². The molecule has 1 aliphatic rings. The fourth-order valence-corrected chi connectivity index (χ4v) is 2.53. The lowest BCUT2D eigenvalue weighted by Crippen LogP contribution is -2.35. The van der Waals surface area contributed by atoms with Crippen molar-refractivity contribution in [1.29, 1.82) is 0 Å². The summed E-state index contributed by atoms with van der Waals surface area (Å²) in [6.07, 6.45) is -3.62. The molecule has 2 rings (SSSR count). The quantitative estimate of drug-likeness (QED) is 0.831. The van der Waals surface area contributed by atoms with E-state index in [-0.39, 0.29) is 18.7 Å². The molecule has 2 atom stereocenters. The van der Waals surface area contributed by atoms with E-state index in [9.17, 15) is 27.6 Å². The zero-order chi connectivity index (χ0) is 17.9. The maximum Gasteiger partial charge on any atom is 0.394 e. The maximum atomic E-state index is 12.9. The van der Waals surface area contributed by atoms with Crippen LogP contribution in [0.1, 0.15) is 17.0 Å². The van der Waals surface area contributed by atoms with Gasteiger partial charge in [-0.3, -0.25) is 14.4 Å². The lowest BCUT2D eigenvalue weighted by Gasteiger charge is -2.18. The highest BCUT2D eigenvalue weighted by atomic mass is 19.4. The Bertz CT molecular complexity index is 614. The third-order valence-electron chi connectivity index (χ3n) is 3.78. The Morgan fingerprint density at radius 3 is 2.54 bits per heavy atom. The highest BCUT2D eigenvalue weighted by Crippen LogP contribution is 2.37. The van der Waals surface area contributed by atoms with Crippen molar-refractivity contribution in [3.63, 3.8) is 0 Å². The Labute approximate surface area is 134 Å². The molecule has 1 saturated heterocycles. The Kier molecular flexibility index (Phi) is 5.15. The second kappa shape index (κ2) is 6.93. The summed E-state index contributed by atoms with van der Waals surface area (Å²) < 4.78 is 43.4. The minimum Gasteiger partial charge on any atom is -0.481 e. The third-order valence-corrected chi connectivity index (χ3v) is 3.78. The molecule has 132 valence electrons. The van der Waals surface area contributed by atoms with Crippen molar-refractivity contribution < 1.29 is 37.1 Å². The Morgan fingerprint density at radius 2 is 2.04 bits per heavy atom. The van der Waals surface area contributed by atoms with E-state index in [1.165, 1.54) is 18.4 Å². The molecule has 0 bridgehead atoms. The summed E-state index contributed by atoms with van der Waals surface area (Å²) in [6.45, 7) is -1.28. The van der Waals surface area contributed by atoms with Gasteiger partial charge in [0.15, 0.2) is 5.76 Å². The van der Waals surface area contributed by atoms with E-state index in [1.54, 1.807) is 0 Å².